The normalized spacial score (nSPS) is 22.1. The Bertz CT molecular complexity index is 342. The zero-order valence-corrected chi connectivity index (χ0v) is 9.65. The molecule has 1 atom stereocenters. The third kappa shape index (κ3) is 3.26. The van der Waals surface area contributed by atoms with Crippen molar-refractivity contribution < 1.29 is 14.6 Å². The molecule has 1 saturated heterocycles. The summed E-state index contributed by atoms with van der Waals surface area (Å²) in [6.07, 6.45) is -0.113. The van der Waals surface area contributed by atoms with Crippen molar-refractivity contribution in [2.24, 2.45) is 0 Å². The van der Waals surface area contributed by atoms with Crippen LogP contribution in [0, 0.1) is 0 Å². The van der Waals surface area contributed by atoms with Crippen LogP contribution in [-0.4, -0.2) is 46.8 Å². The van der Waals surface area contributed by atoms with E-state index in [-0.39, 0.29) is 12.5 Å². The summed E-state index contributed by atoms with van der Waals surface area (Å²) in [4.78, 5) is 17.0. The molecule has 1 aliphatic heterocycles. The number of hydrogen-bond donors (Lipinski definition) is 1. The molecule has 1 aromatic heterocycles. The van der Waals surface area contributed by atoms with Crippen LogP contribution in [0.15, 0.2) is 10.9 Å². The van der Waals surface area contributed by atoms with Gasteiger partial charge in [-0.05, 0) is 0 Å². The number of nitrogens with zero attached hydrogens (tertiary/aromatic N) is 2. The minimum absolute atomic E-state index is 0.0769. The molecule has 0 aliphatic carbocycles. The van der Waals surface area contributed by atoms with Crippen molar-refractivity contribution in [3.63, 3.8) is 0 Å². The molecule has 1 aliphatic rings. The van der Waals surface area contributed by atoms with Crippen LogP contribution in [0.5, 0.6) is 0 Å². The highest BCUT2D eigenvalue weighted by molar-refractivity contribution is 7.07. The summed E-state index contributed by atoms with van der Waals surface area (Å²) in [6, 6.07) is 0. The highest BCUT2D eigenvalue weighted by Crippen LogP contribution is 2.12. The van der Waals surface area contributed by atoms with Crippen LogP contribution in [0.3, 0.4) is 0 Å². The molecule has 1 unspecified atom stereocenters. The summed E-state index contributed by atoms with van der Waals surface area (Å²) in [5.41, 5.74) is 2.85. The minimum atomic E-state index is -0.805. The number of carboxylic acids is 1. The number of aromatic nitrogens is 1. The lowest BCUT2D eigenvalue weighted by atomic mass is 10.2. The summed E-state index contributed by atoms with van der Waals surface area (Å²) < 4.78 is 5.40. The van der Waals surface area contributed by atoms with E-state index in [1.807, 2.05) is 10.9 Å². The second-order valence-corrected chi connectivity index (χ2v) is 4.52. The van der Waals surface area contributed by atoms with Crippen molar-refractivity contribution in [2.75, 3.05) is 19.7 Å². The Hall–Kier alpha value is -0.980. The van der Waals surface area contributed by atoms with Crippen molar-refractivity contribution in [3.8, 4) is 0 Å². The highest BCUT2D eigenvalue weighted by Gasteiger charge is 2.22. The number of carbonyl (C=O) groups is 1. The monoisotopic (exact) mass is 242 g/mol. The van der Waals surface area contributed by atoms with E-state index in [1.165, 1.54) is 0 Å². The van der Waals surface area contributed by atoms with Crippen LogP contribution in [0.1, 0.15) is 12.1 Å². The zero-order chi connectivity index (χ0) is 11.4. The van der Waals surface area contributed by atoms with Crippen LogP contribution in [0.4, 0.5) is 0 Å². The molecule has 16 heavy (non-hydrogen) atoms. The van der Waals surface area contributed by atoms with E-state index < -0.39 is 5.97 Å². The Morgan fingerprint density at radius 3 is 3.31 bits per heavy atom. The van der Waals surface area contributed by atoms with Gasteiger partial charge in [0.05, 0.1) is 30.3 Å². The highest BCUT2D eigenvalue weighted by atomic mass is 32.1. The van der Waals surface area contributed by atoms with Gasteiger partial charge in [-0.25, -0.2) is 4.98 Å². The number of carboxylic acid groups (broad SMARTS) is 1. The first-order valence-corrected chi connectivity index (χ1v) is 6.11. The van der Waals surface area contributed by atoms with Gasteiger partial charge in [0.25, 0.3) is 0 Å². The van der Waals surface area contributed by atoms with Crippen molar-refractivity contribution in [1.82, 2.24) is 9.88 Å². The van der Waals surface area contributed by atoms with E-state index in [2.05, 4.69) is 9.88 Å². The van der Waals surface area contributed by atoms with Gasteiger partial charge in [-0.2, -0.15) is 0 Å². The lowest BCUT2D eigenvalue weighted by molar-refractivity contribution is -0.142. The Balaban J connectivity index is 1.84. The van der Waals surface area contributed by atoms with Crippen LogP contribution >= 0.6 is 11.3 Å². The van der Waals surface area contributed by atoms with Gasteiger partial charge in [0.15, 0.2) is 0 Å². The zero-order valence-electron chi connectivity index (χ0n) is 8.83. The standard InChI is InChI=1S/C10H14N2O3S/c13-10(14)3-9-5-12(1-2-15-9)4-8-6-16-7-11-8/h6-7,9H,1-5H2,(H,13,14). The minimum Gasteiger partial charge on any atom is -0.481 e. The molecule has 2 heterocycles. The molecule has 0 saturated carbocycles. The molecular weight excluding hydrogens is 228 g/mol. The Kier molecular flexibility index (Phi) is 3.87. The van der Waals surface area contributed by atoms with Crippen molar-refractivity contribution in [1.29, 1.82) is 0 Å². The van der Waals surface area contributed by atoms with Gasteiger partial charge in [-0.3, -0.25) is 9.69 Å². The first-order chi connectivity index (χ1) is 7.74. The summed E-state index contributed by atoms with van der Waals surface area (Å²) in [6.45, 7) is 2.89. The van der Waals surface area contributed by atoms with Crippen molar-refractivity contribution in [3.05, 3.63) is 16.6 Å². The number of morpholine rings is 1. The largest absolute Gasteiger partial charge is 0.481 e. The molecule has 1 N–H and O–H groups in total. The molecule has 6 heteroatoms. The maximum atomic E-state index is 10.6. The molecule has 0 aromatic carbocycles. The second-order valence-electron chi connectivity index (χ2n) is 3.81. The van der Waals surface area contributed by atoms with Gasteiger partial charge in [0.2, 0.25) is 0 Å². The summed E-state index contributed by atoms with van der Waals surface area (Å²) in [7, 11) is 0. The van der Waals surface area contributed by atoms with Gasteiger partial charge in [-0.15, -0.1) is 11.3 Å². The van der Waals surface area contributed by atoms with Crippen LogP contribution in [0.25, 0.3) is 0 Å². The molecule has 0 amide bonds. The maximum absolute atomic E-state index is 10.6. The molecule has 0 bridgehead atoms. The maximum Gasteiger partial charge on any atom is 0.306 e. The van der Waals surface area contributed by atoms with Gasteiger partial charge in [0, 0.05) is 25.0 Å². The van der Waals surface area contributed by atoms with E-state index in [0.717, 1.165) is 18.8 Å². The van der Waals surface area contributed by atoms with Crippen LogP contribution in [-0.2, 0) is 16.1 Å². The fourth-order valence-electron chi connectivity index (χ4n) is 1.79. The summed E-state index contributed by atoms with van der Waals surface area (Å²) in [5, 5.41) is 10.7. The number of thiazole rings is 1. The predicted molar refractivity (Wildman–Crippen MR) is 59.4 cm³/mol. The smallest absolute Gasteiger partial charge is 0.306 e. The van der Waals surface area contributed by atoms with E-state index in [4.69, 9.17) is 9.84 Å². The van der Waals surface area contributed by atoms with E-state index >= 15 is 0 Å². The first kappa shape index (κ1) is 11.5. The Labute approximate surface area is 97.7 Å². The van der Waals surface area contributed by atoms with E-state index in [9.17, 15) is 4.79 Å². The lowest BCUT2D eigenvalue weighted by Gasteiger charge is -2.31. The molecule has 88 valence electrons. The average molecular weight is 242 g/mol. The quantitative estimate of drug-likeness (QED) is 0.847. The van der Waals surface area contributed by atoms with Gasteiger partial charge < -0.3 is 9.84 Å². The lowest BCUT2D eigenvalue weighted by Crippen LogP contribution is -2.42. The van der Waals surface area contributed by atoms with Crippen LogP contribution in [0.2, 0.25) is 0 Å². The van der Waals surface area contributed by atoms with Crippen LogP contribution < -0.4 is 0 Å². The molecule has 2 rings (SSSR count). The van der Waals surface area contributed by atoms with Gasteiger partial charge in [0.1, 0.15) is 0 Å². The molecule has 1 fully saturated rings. The van der Waals surface area contributed by atoms with E-state index in [1.54, 1.807) is 11.3 Å². The third-order valence-electron chi connectivity index (χ3n) is 2.49. The first-order valence-electron chi connectivity index (χ1n) is 5.17. The predicted octanol–water partition coefficient (Wildman–Crippen LogP) is 0.819. The van der Waals surface area contributed by atoms with Gasteiger partial charge >= 0.3 is 5.97 Å². The van der Waals surface area contributed by atoms with Crippen molar-refractivity contribution >= 4 is 17.3 Å². The number of rotatable bonds is 4. The Morgan fingerprint density at radius 2 is 2.62 bits per heavy atom. The third-order valence-corrected chi connectivity index (χ3v) is 3.13. The molecule has 1 aromatic rings. The molecule has 0 spiro atoms. The molecular formula is C10H14N2O3S. The topological polar surface area (TPSA) is 62.7 Å². The second kappa shape index (κ2) is 5.38. The number of aliphatic carboxylic acids is 1. The number of hydrogen-bond acceptors (Lipinski definition) is 5. The van der Waals surface area contributed by atoms with E-state index in [0.29, 0.717) is 13.2 Å². The van der Waals surface area contributed by atoms with Crippen molar-refractivity contribution in [2.45, 2.75) is 19.1 Å². The fraction of sp³-hybridized carbons (Fsp3) is 0.600. The molecule has 0 radical (unpaired) electrons. The fourth-order valence-corrected chi connectivity index (χ4v) is 2.34. The average Bonchev–Trinajstić information content (AvgIpc) is 2.70. The molecule has 5 nitrogen and oxygen atoms in total. The van der Waals surface area contributed by atoms with Gasteiger partial charge in [-0.1, -0.05) is 0 Å². The summed E-state index contributed by atoms with van der Waals surface area (Å²) in [5.74, 6) is -0.805. The summed E-state index contributed by atoms with van der Waals surface area (Å²) >= 11 is 1.58. The number of ether oxygens (including phenoxy) is 1. The Morgan fingerprint density at radius 1 is 1.75 bits per heavy atom. The SMILES string of the molecule is O=C(O)CC1CN(Cc2cscn2)CCO1.